The molecule has 2 bridgehead atoms. The molecule has 3 aliphatic carbocycles. The minimum absolute atomic E-state index is 0.850. The Morgan fingerprint density at radius 3 is 2.75 bits per heavy atom. The Morgan fingerprint density at radius 1 is 1.00 bits per heavy atom. The number of unbranched alkanes of at least 4 members (excludes halogenated alkanes) is 1. The van der Waals surface area contributed by atoms with E-state index in [1.165, 1.54) is 38.6 Å². The van der Waals surface area contributed by atoms with Crippen LogP contribution in [0.15, 0.2) is 0 Å². The summed E-state index contributed by atoms with van der Waals surface area (Å²) < 4.78 is 0. The fourth-order valence-electron chi connectivity index (χ4n) is 4.86. The molecular formula is C14H26N2. The Bertz CT molecular complexity index is 241. The second-order valence-electron chi connectivity index (χ2n) is 6.21. The summed E-state index contributed by atoms with van der Waals surface area (Å²) in [4.78, 5) is 0. The fraction of sp³-hybridized carbons (Fsp3) is 1.00. The molecule has 92 valence electrons. The van der Waals surface area contributed by atoms with Crippen LogP contribution in [0.2, 0.25) is 0 Å². The summed E-state index contributed by atoms with van der Waals surface area (Å²) in [6.45, 7) is 2.05. The highest BCUT2D eigenvalue weighted by atomic mass is 14.9. The van der Waals surface area contributed by atoms with Gasteiger partial charge in [0.15, 0.2) is 0 Å². The molecule has 3 N–H and O–H groups in total. The third-order valence-corrected chi connectivity index (χ3v) is 5.47. The molecule has 2 nitrogen and oxygen atoms in total. The van der Waals surface area contributed by atoms with E-state index in [9.17, 15) is 0 Å². The summed E-state index contributed by atoms with van der Waals surface area (Å²) in [7, 11) is 0. The molecule has 0 heterocycles. The molecule has 0 aromatic heterocycles. The van der Waals surface area contributed by atoms with E-state index in [0.717, 1.165) is 36.3 Å². The second kappa shape index (κ2) is 4.66. The van der Waals surface area contributed by atoms with Gasteiger partial charge in [0.1, 0.15) is 0 Å². The van der Waals surface area contributed by atoms with Gasteiger partial charge in [0.2, 0.25) is 0 Å². The van der Waals surface area contributed by atoms with E-state index in [4.69, 9.17) is 5.73 Å². The number of nitrogens with two attached hydrogens (primary N) is 1. The van der Waals surface area contributed by atoms with E-state index in [1.54, 1.807) is 12.8 Å². The van der Waals surface area contributed by atoms with Crippen molar-refractivity contribution in [2.75, 3.05) is 13.1 Å². The number of fused-ring (bicyclic) bond motifs is 5. The molecule has 0 aliphatic heterocycles. The first-order chi connectivity index (χ1) is 7.90. The Hall–Kier alpha value is -0.0800. The number of rotatable bonds is 5. The van der Waals surface area contributed by atoms with Gasteiger partial charge in [-0.15, -0.1) is 0 Å². The van der Waals surface area contributed by atoms with E-state index < -0.39 is 0 Å². The molecule has 0 amide bonds. The van der Waals surface area contributed by atoms with Gasteiger partial charge >= 0.3 is 0 Å². The van der Waals surface area contributed by atoms with E-state index >= 15 is 0 Å². The molecule has 3 fully saturated rings. The zero-order valence-electron chi connectivity index (χ0n) is 10.3. The summed E-state index contributed by atoms with van der Waals surface area (Å²) in [5.41, 5.74) is 5.53. The van der Waals surface area contributed by atoms with E-state index in [-0.39, 0.29) is 0 Å². The average molecular weight is 222 g/mol. The Kier molecular flexibility index (Phi) is 3.21. The number of hydrogen-bond donors (Lipinski definition) is 2. The van der Waals surface area contributed by atoms with Crippen LogP contribution in [-0.4, -0.2) is 19.1 Å². The van der Waals surface area contributed by atoms with Crippen molar-refractivity contribution in [1.82, 2.24) is 5.32 Å². The predicted molar refractivity (Wildman–Crippen MR) is 67.1 cm³/mol. The predicted octanol–water partition coefficient (Wildman–Crippen LogP) is 2.14. The molecule has 0 radical (unpaired) electrons. The Balaban J connectivity index is 1.48. The highest BCUT2D eigenvalue weighted by Gasteiger charge is 2.53. The van der Waals surface area contributed by atoms with E-state index in [2.05, 4.69) is 5.32 Å². The standard InChI is InChI=1S/C14H26N2/c15-6-1-2-7-16-14-9-10-8-13(14)12-5-3-4-11(10)12/h10-14,16H,1-9,15H2. The van der Waals surface area contributed by atoms with Gasteiger partial charge in [-0.1, -0.05) is 6.42 Å². The molecule has 16 heavy (non-hydrogen) atoms. The van der Waals surface area contributed by atoms with Crippen LogP contribution in [0.5, 0.6) is 0 Å². The third-order valence-electron chi connectivity index (χ3n) is 5.47. The molecular weight excluding hydrogens is 196 g/mol. The van der Waals surface area contributed by atoms with Gasteiger partial charge in [-0.2, -0.15) is 0 Å². The smallest absolute Gasteiger partial charge is 0.0101 e. The van der Waals surface area contributed by atoms with Crippen LogP contribution >= 0.6 is 0 Å². The lowest BCUT2D eigenvalue weighted by Crippen LogP contribution is -2.39. The first-order valence-electron chi connectivity index (χ1n) is 7.33. The minimum Gasteiger partial charge on any atom is -0.330 e. The normalized spacial score (nSPS) is 45.2. The van der Waals surface area contributed by atoms with E-state index in [1.807, 2.05) is 0 Å². The lowest BCUT2D eigenvalue weighted by molar-refractivity contribution is 0.208. The summed E-state index contributed by atoms with van der Waals surface area (Å²) in [6, 6.07) is 0.863. The van der Waals surface area contributed by atoms with Crippen LogP contribution in [0.25, 0.3) is 0 Å². The van der Waals surface area contributed by atoms with Gasteiger partial charge < -0.3 is 11.1 Å². The van der Waals surface area contributed by atoms with Crippen molar-refractivity contribution in [1.29, 1.82) is 0 Å². The van der Waals surface area contributed by atoms with Crippen molar-refractivity contribution in [2.24, 2.45) is 29.4 Å². The van der Waals surface area contributed by atoms with Crippen LogP contribution in [0.1, 0.15) is 44.9 Å². The van der Waals surface area contributed by atoms with Crippen LogP contribution < -0.4 is 11.1 Å². The molecule has 0 aromatic carbocycles. The van der Waals surface area contributed by atoms with Gasteiger partial charge in [0.25, 0.3) is 0 Å². The summed E-state index contributed by atoms with van der Waals surface area (Å²) in [5, 5.41) is 3.80. The molecule has 3 aliphatic rings. The van der Waals surface area contributed by atoms with Gasteiger partial charge in [-0.25, -0.2) is 0 Å². The first kappa shape index (κ1) is 11.0. The van der Waals surface area contributed by atoms with Gasteiger partial charge in [0, 0.05) is 6.04 Å². The lowest BCUT2D eigenvalue weighted by atomic mass is 9.79. The molecule has 5 unspecified atom stereocenters. The SMILES string of the molecule is NCCCCNC1CC2CC1C1CCCC21. The maximum absolute atomic E-state index is 5.53. The highest BCUT2D eigenvalue weighted by Crippen LogP contribution is 2.58. The van der Waals surface area contributed by atoms with Crippen LogP contribution in [0.4, 0.5) is 0 Å². The molecule has 0 saturated heterocycles. The third kappa shape index (κ3) is 1.80. The molecule has 0 aromatic rings. The Labute approximate surface area is 99.4 Å². The maximum Gasteiger partial charge on any atom is 0.0101 e. The molecule has 3 rings (SSSR count). The van der Waals surface area contributed by atoms with Crippen molar-refractivity contribution in [3.63, 3.8) is 0 Å². The molecule has 2 heteroatoms. The quantitative estimate of drug-likeness (QED) is 0.699. The zero-order valence-corrected chi connectivity index (χ0v) is 10.3. The summed E-state index contributed by atoms with van der Waals surface area (Å²) in [5.74, 6) is 4.36. The van der Waals surface area contributed by atoms with Crippen molar-refractivity contribution in [3.05, 3.63) is 0 Å². The van der Waals surface area contributed by atoms with Crippen molar-refractivity contribution < 1.29 is 0 Å². The molecule has 3 saturated carbocycles. The topological polar surface area (TPSA) is 38.0 Å². The van der Waals surface area contributed by atoms with Gasteiger partial charge in [0.05, 0.1) is 0 Å². The first-order valence-corrected chi connectivity index (χ1v) is 7.33. The summed E-state index contributed by atoms with van der Waals surface area (Å²) >= 11 is 0. The zero-order chi connectivity index (χ0) is 11.0. The van der Waals surface area contributed by atoms with Gasteiger partial charge in [-0.3, -0.25) is 0 Å². The van der Waals surface area contributed by atoms with Crippen LogP contribution in [0, 0.1) is 23.7 Å². The number of nitrogens with one attached hydrogen (secondary N) is 1. The minimum atomic E-state index is 0.850. The average Bonchev–Trinajstić information content (AvgIpc) is 2.95. The van der Waals surface area contributed by atoms with Crippen molar-refractivity contribution >= 4 is 0 Å². The Morgan fingerprint density at radius 2 is 1.88 bits per heavy atom. The lowest BCUT2D eigenvalue weighted by Gasteiger charge is -2.32. The van der Waals surface area contributed by atoms with Crippen molar-refractivity contribution in [2.45, 2.75) is 51.0 Å². The molecule has 0 spiro atoms. The monoisotopic (exact) mass is 222 g/mol. The fourth-order valence-corrected chi connectivity index (χ4v) is 4.86. The highest BCUT2D eigenvalue weighted by molar-refractivity contribution is 5.05. The maximum atomic E-state index is 5.53. The van der Waals surface area contributed by atoms with Gasteiger partial charge in [-0.05, 0) is 75.3 Å². The number of hydrogen-bond acceptors (Lipinski definition) is 2. The largest absolute Gasteiger partial charge is 0.330 e. The second-order valence-corrected chi connectivity index (χ2v) is 6.21. The van der Waals surface area contributed by atoms with Crippen LogP contribution in [-0.2, 0) is 0 Å². The van der Waals surface area contributed by atoms with Crippen molar-refractivity contribution in [3.8, 4) is 0 Å². The molecule has 5 atom stereocenters. The van der Waals surface area contributed by atoms with Crippen LogP contribution in [0.3, 0.4) is 0 Å². The van der Waals surface area contributed by atoms with E-state index in [0.29, 0.717) is 0 Å². The summed E-state index contributed by atoms with van der Waals surface area (Å²) in [6.07, 6.45) is 10.1.